The molecule has 0 aliphatic heterocycles. The zero-order chi connectivity index (χ0) is 15.2. The number of carboxylic acids is 1. The summed E-state index contributed by atoms with van der Waals surface area (Å²) in [5.41, 5.74) is 1.16. The minimum Gasteiger partial charge on any atom is -0.481 e. The van der Waals surface area contributed by atoms with Crippen molar-refractivity contribution in [1.29, 1.82) is 0 Å². The van der Waals surface area contributed by atoms with E-state index in [1.807, 2.05) is 49.4 Å². The van der Waals surface area contributed by atoms with Crippen LogP contribution in [-0.4, -0.2) is 23.5 Å². The molecule has 21 heavy (non-hydrogen) atoms. The Morgan fingerprint density at radius 3 is 2.43 bits per heavy atom. The number of hydrogen-bond acceptors (Lipinski definition) is 2. The number of carboxylic acid groups (broad SMARTS) is 1. The fourth-order valence-electron chi connectivity index (χ4n) is 2.66. The van der Waals surface area contributed by atoms with Crippen LogP contribution in [0.3, 0.4) is 0 Å². The van der Waals surface area contributed by atoms with Gasteiger partial charge in [-0.25, -0.2) is 0 Å². The van der Waals surface area contributed by atoms with Crippen molar-refractivity contribution in [2.45, 2.75) is 25.7 Å². The minimum absolute atomic E-state index is 0.158. The van der Waals surface area contributed by atoms with Gasteiger partial charge in [-0.15, -0.1) is 0 Å². The van der Waals surface area contributed by atoms with Gasteiger partial charge in [0, 0.05) is 6.54 Å². The third-order valence-electron chi connectivity index (χ3n) is 4.04. The first-order valence-corrected chi connectivity index (χ1v) is 7.30. The van der Waals surface area contributed by atoms with E-state index in [9.17, 15) is 14.7 Å². The van der Waals surface area contributed by atoms with E-state index in [0.717, 1.165) is 5.56 Å². The molecule has 0 spiro atoms. The predicted octanol–water partition coefficient (Wildman–Crippen LogP) is 2.57. The van der Waals surface area contributed by atoms with Gasteiger partial charge in [-0.3, -0.25) is 9.59 Å². The molecule has 1 aliphatic carbocycles. The summed E-state index contributed by atoms with van der Waals surface area (Å²) in [5.74, 6) is -1.92. The highest BCUT2D eigenvalue weighted by Crippen LogP contribution is 2.26. The third kappa shape index (κ3) is 3.94. The van der Waals surface area contributed by atoms with Crippen LogP contribution >= 0.6 is 0 Å². The fourth-order valence-corrected chi connectivity index (χ4v) is 2.66. The maximum atomic E-state index is 12.2. The summed E-state index contributed by atoms with van der Waals surface area (Å²) < 4.78 is 0. The molecule has 0 bridgehead atoms. The first kappa shape index (κ1) is 15.3. The van der Waals surface area contributed by atoms with Gasteiger partial charge in [0.05, 0.1) is 11.8 Å². The highest BCUT2D eigenvalue weighted by Gasteiger charge is 2.33. The van der Waals surface area contributed by atoms with Crippen molar-refractivity contribution in [3.8, 4) is 0 Å². The summed E-state index contributed by atoms with van der Waals surface area (Å²) in [5, 5.41) is 12.1. The maximum absolute atomic E-state index is 12.2. The van der Waals surface area contributed by atoms with Gasteiger partial charge in [0.15, 0.2) is 0 Å². The van der Waals surface area contributed by atoms with Gasteiger partial charge in [0.25, 0.3) is 0 Å². The van der Waals surface area contributed by atoms with E-state index >= 15 is 0 Å². The summed E-state index contributed by atoms with van der Waals surface area (Å²) in [6, 6.07) is 9.96. The molecule has 112 valence electrons. The molecule has 2 rings (SSSR count). The lowest BCUT2D eigenvalue weighted by Gasteiger charge is -2.25. The summed E-state index contributed by atoms with van der Waals surface area (Å²) in [6.45, 7) is 2.57. The first-order valence-electron chi connectivity index (χ1n) is 7.30. The molecule has 2 N–H and O–H groups in total. The quantitative estimate of drug-likeness (QED) is 0.818. The van der Waals surface area contributed by atoms with Crippen LogP contribution in [0.4, 0.5) is 0 Å². The van der Waals surface area contributed by atoms with Gasteiger partial charge in [0.2, 0.25) is 5.91 Å². The number of aliphatic carboxylic acids is 1. The second-order valence-corrected chi connectivity index (χ2v) is 5.55. The standard InChI is InChI=1S/C17H21NO3/c1-12(13-7-3-2-4-8-13)11-18-16(19)14-9-5-6-10-15(14)17(20)21/h2-8,12,14-15H,9-11H2,1H3,(H,18,19)(H,20,21)/t12?,14-,15+/m1/s1. The van der Waals surface area contributed by atoms with E-state index in [1.165, 1.54) is 0 Å². The zero-order valence-corrected chi connectivity index (χ0v) is 12.2. The Kier molecular flexibility index (Phi) is 5.14. The molecule has 0 heterocycles. The van der Waals surface area contributed by atoms with Crippen LogP contribution in [0.2, 0.25) is 0 Å². The minimum atomic E-state index is -0.893. The van der Waals surface area contributed by atoms with Crippen molar-refractivity contribution < 1.29 is 14.7 Å². The van der Waals surface area contributed by atoms with Gasteiger partial charge in [-0.1, -0.05) is 49.4 Å². The predicted molar refractivity (Wildman–Crippen MR) is 80.9 cm³/mol. The van der Waals surface area contributed by atoms with Crippen molar-refractivity contribution in [3.05, 3.63) is 48.0 Å². The summed E-state index contributed by atoms with van der Waals surface area (Å²) in [4.78, 5) is 23.5. The number of carbonyl (C=O) groups is 2. The Morgan fingerprint density at radius 1 is 1.19 bits per heavy atom. The van der Waals surface area contributed by atoms with Crippen molar-refractivity contribution >= 4 is 11.9 Å². The lowest BCUT2D eigenvalue weighted by molar-refractivity contribution is -0.147. The molecule has 0 aromatic heterocycles. The Bertz CT molecular complexity index is 524. The van der Waals surface area contributed by atoms with Crippen LogP contribution in [0.5, 0.6) is 0 Å². The van der Waals surface area contributed by atoms with Crippen LogP contribution in [-0.2, 0) is 9.59 Å². The van der Waals surface area contributed by atoms with E-state index < -0.39 is 17.8 Å². The van der Waals surface area contributed by atoms with Crippen LogP contribution in [0.1, 0.15) is 31.2 Å². The molecule has 1 aromatic carbocycles. The SMILES string of the molecule is CC(CNC(=O)[C@@H]1CC=CC[C@@H]1C(=O)O)c1ccccc1. The van der Waals surface area contributed by atoms with Gasteiger partial charge in [-0.05, 0) is 24.3 Å². The van der Waals surface area contributed by atoms with Gasteiger partial charge in [0.1, 0.15) is 0 Å². The number of rotatable bonds is 5. The van der Waals surface area contributed by atoms with Crippen molar-refractivity contribution in [2.24, 2.45) is 11.8 Å². The highest BCUT2D eigenvalue weighted by atomic mass is 16.4. The number of benzene rings is 1. The molecule has 1 unspecified atom stereocenters. The van der Waals surface area contributed by atoms with Crippen molar-refractivity contribution in [1.82, 2.24) is 5.32 Å². The lowest BCUT2D eigenvalue weighted by Crippen LogP contribution is -2.40. The van der Waals surface area contributed by atoms with Crippen LogP contribution < -0.4 is 5.32 Å². The monoisotopic (exact) mass is 287 g/mol. The smallest absolute Gasteiger partial charge is 0.307 e. The van der Waals surface area contributed by atoms with Crippen molar-refractivity contribution in [3.63, 3.8) is 0 Å². The van der Waals surface area contributed by atoms with E-state index in [0.29, 0.717) is 19.4 Å². The third-order valence-corrected chi connectivity index (χ3v) is 4.04. The Hall–Kier alpha value is -2.10. The lowest BCUT2D eigenvalue weighted by atomic mass is 9.82. The first-order chi connectivity index (χ1) is 10.1. The Morgan fingerprint density at radius 2 is 1.81 bits per heavy atom. The second-order valence-electron chi connectivity index (χ2n) is 5.55. The van der Waals surface area contributed by atoms with Gasteiger partial charge >= 0.3 is 5.97 Å². The number of carbonyl (C=O) groups excluding carboxylic acids is 1. The molecule has 0 saturated heterocycles. The van der Waals surface area contributed by atoms with Crippen molar-refractivity contribution in [2.75, 3.05) is 6.54 Å². The number of nitrogens with one attached hydrogen (secondary N) is 1. The molecule has 4 nitrogen and oxygen atoms in total. The van der Waals surface area contributed by atoms with Gasteiger partial charge in [-0.2, -0.15) is 0 Å². The average molecular weight is 287 g/mol. The molecular weight excluding hydrogens is 266 g/mol. The van der Waals surface area contributed by atoms with Gasteiger partial charge < -0.3 is 10.4 Å². The van der Waals surface area contributed by atoms with Crippen LogP contribution in [0.25, 0.3) is 0 Å². The molecule has 0 saturated carbocycles. The molecular formula is C17H21NO3. The van der Waals surface area contributed by atoms with Crippen LogP contribution in [0.15, 0.2) is 42.5 Å². The Labute approximate surface area is 124 Å². The normalized spacial score (nSPS) is 22.5. The summed E-state index contributed by atoms with van der Waals surface area (Å²) in [6.07, 6.45) is 4.67. The fraction of sp³-hybridized carbons (Fsp3) is 0.412. The molecule has 1 aliphatic rings. The number of hydrogen-bond donors (Lipinski definition) is 2. The van der Waals surface area contributed by atoms with E-state index in [4.69, 9.17) is 0 Å². The number of allylic oxidation sites excluding steroid dienone is 2. The van der Waals surface area contributed by atoms with E-state index in [2.05, 4.69) is 5.32 Å². The molecule has 1 aromatic rings. The largest absolute Gasteiger partial charge is 0.481 e. The molecule has 0 fully saturated rings. The van der Waals surface area contributed by atoms with Crippen LogP contribution in [0, 0.1) is 11.8 Å². The average Bonchev–Trinajstić information content (AvgIpc) is 2.53. The molecule has 1 amide bonds. The second kappa shape index (κ2) is 7.07. The Balaban J connectivity index is 1.92. The van der Waals surface area contributed by atoms with E-state index in [-0.39, 0.29) is 11.8 Å². The maximum Gasteiger partial charge on any atom is 0.307 e. The summed E-state index contributed by atoms with van der Waals surface area (Å²) >= 11 is 0. The molecule has 4 heteroatoms. The highest BCUT2D eigenvalue weighted by molar-refractivity contribution is 5.85. The summed E-state index contributed by atoms with van der Waals surface area (Å²) in [7, 11) is 0. The number of amides is 1. The molecule has 3 atom stereocenters. The topological polar surface area (TPSA) is 66.4 Å². The molecule has 0 radical (unpaired) electrons. The zero-order valence-electron chi connectivity index (χ0n) is 12.2. The van der Waals surface area contributed by atoms with E-state index in [1.54, 1.807) is 0 Å².